The Labute approximate surface area is 126 Å². The summed E-state index contributed by atoms with van der Waals surface area (Å²) in [7, 11) is 0. The van der Waals surface area contributed by atoms with E-state index >= 15 is 0 Å². The largest absolute Gasteiger partial charge is 0.331 e. The molecular formula is C14H15N3OS2. The Morgan fingerprint density at radius 2 is 2.20 bits per heavy atom. The Morgan fingerprint density at radius 1 is 1.45 bits per heavy atom. The summed E-state index contributed by atoms with van der Waals surface area (Å²) in [5.41, 5.74) is 1.48. The number of aryl methyl sites for hydroxylation is 1. The number of thiophene rings is 2. The molecule has 0 unspecified atom stereocenters. The third kappa shape index (κ3) is 3.00. The highest BCUT2D eigenvalue weighted by Crippen LogP contribution is 2.31. The van der Waals surface area contributed by atoms with Gasteiger partial charge in [0.25, 0.3) is 0 Å². The van der Waals surface area contributed by atoms with Gasteiger partial charge in [0.15, 0.2) is 0 Å². The van der Waals surface area contributed by atoms with Crippen LogP contribution >= 0.6 is 22.7 Å². The molecule has 0 radical (unpaired) electrons. The third-order valence-corrected chi connectivity index (χ3v) is 5.22. The molecule has 2 N–H and O–H groups in total. The second-order valence-electron chi connectivity index (χ2n) is 4.43. The molecule has 4 nitrogen and oxygen atoms in total. The first-order chi connectivity index (χ1) is 9.52. The maximum Gasteiger partial charge on any atom is 0.320 e. The summed E-state index contributed by atoms with van der Waals surface area (Å²) >= 11 is 3.03. The predicted octanol–water partition coefficient (Wildman–Crippen LogP) is 4.18. The summed E-state index contributed by atoms with van der Waals surface area (Å²) in [6.45, 7) is 5.77. The zero-order valence-electron chi connectivity index (χ0n) is 11.5. The average molecular weight is 305 g/mol. The lowest BCUT2D eigenvalue weighted by molar-refractivity contribution is 0.249. The minimum atomic E-state index is -0.288. The van der Waals surface area contributed by atoms with E-state index < -0.39 is 0 Å². The average Bonchev–Trinajstić information content (AvgIpc) is 2.99. The van der Waals surface area contributed by atoms with Crippen molar-refractivity contribution < 1.29 is 4.79 Å². The number of nitrogens with zero attached hydrogens (tertiary/aromatic N) is 1. The van der Waals surface area contributed by atoms with Crippen LogP contribution in [0, 0.1) is 25.2 Å². The maximum absolute atomic E-state index is 12.0. The molecule has 20 heavy (non-hydrogen) atoms. The van der Waals surface area contributed by atoms with Crippen molar-refractivity contribution >= 4 is 33.7 Å². The zero-order valence-corrected chi connectivity index (χ0v) is 13.1. The lowest BCUT2D eigenvalue weighted by Crippen LogP contribution is -2.30. The van der Waals surface area contributed by atoms with Crippen LogP contribution in [0.5, 0.6) is 0 Å². The Hall–Kier alpha value is -1.84. The second-order valence-corrected chi connectivity index (χ2v) is 6.64. The standard InChI is InChI=1S/C14H15N3OS2/c1-8-10(3)20-13(11(8)7-15)17-14(18)16-9(2)12-5-4-6-19-12/h4-6,9H,1-3H3,(H2,16,17,18)/t9-/m1/s1. The lowest BCUT2D eigenvalue weighted by atomic mass is 10.2. The fourth-order valence-electron chi connectivity index (χ4n) is 1.79. The lowest BCUT2D eigenvalue weighted by Gasteiger charge is -2.12. The second kappa shape index (κ2) is 6.07. The van der Waals surface area contributed by atoms with Crippen LogP contribution in [0.3, 0.4) is 0 Å². The number of hydrogen-bond acceptors (Lipinski definition) is 4. The predicted molar refractivity (Wildman–Crippen MR) is 83.4 cm³/mol. The highest BCUT2D eigenvalue weighted by Gasteiger charge is 2.16. The van der Waals surface area contributed by atoms with Gasteiger partial charge in [-0.25, -0.2) is 4.79 Å². The van der Waals surface area contributed by atoms with E-state index in [9.17, 15) is 4.79 Å². The number of anilines is 1. The number of carbonyl (C=O) groups is 1. The van der Waals surface area contributed by atoms with Crippen molar-refractivity contribution in [1.29, 1.82) is 5.26 Å². The van der Waals surface area contributed by atoms with Crippen molar-refractivity contribution in [3.05, 3.63) is 38.4 Å². The molecule has 2 amide bonds. The first-order valence-corrected chi connectivity index (χ1v) is 7.83. The Bertz CT molecular complexity index is 653. The van der Waals surface area contributed by atoms with Gasteiger partial charge in [0, 0.05) is 9.75 Å². The molecule has 0 aromatic carbocycles. The summed E-state index contributed by atoms with van der Waals surface area (Å²) < 4.78 is 0. The molecule has 0 fully saturated rings. The first-order valence-electron chi connectivity index (χ1n) is 6.14. The molecule has 0 saturated heterocycles. The number of nitriles is 1. The smallest absolute Gasteiger partial charge is 0.320 e. The molecule has 0 bridgehead atoms. The maximum atomic E-state index is 12.0. The van der Waals surface area contributed by atoms with Gasteiger partial charge in [0.1, 0.15) is 11.1 Å². The van der Waals surface area contributed by atoms with Crippen LogP contribution in [-0.2, 0) is 0 Å². The molecule has 2 rings (SSSR count). The van der Waals surface area contributed by atoms with Crippen LogP contribution in [-0.4, -0.2) is 6.03 Å². The molecule has 1 atom stereocenters. The van der Waals surface area contributed by atoms with E-state index in [1.807, 2.05) is 38.3 Å². The number of hydrogen-bond donors (Lipinski definition) is 2. The summed E-state index contributed by atoms with van der Waals surface area (Å²) in [6.07, 6.45) is 0. The molecule has 6 heteroatoms. The molecule has 2 aromatic rings. The molecule has 0 aliphatic rings. The number of rotatable bonds is 3. The minimum absolute atomic E-state index is 0.0531. The molecule has 104 valence electrons. The van der Waals surface area contributed by atoms with Gasteiger partial charge in [-0.1, -0.05) is 6.07 Å². The minimum Gasteiger partial charge on any atom is -0.331 e. The van der Waals surface area contributed by atoms with Crippen molar-refractivity contribution in [2.45, 2.75) is 26.8 Å². The molecule has 2 heterocycles. The van der Waals surface area contributed by atoms with Crippen molar-refractivity contribution in [2.75, 3.05) is 5.32 Å². The van der Waals surface area contributed by atoms with E-state index in [4.69, 9.17) is 5.26 Å². The molecule has 0 aliphatic heterocycles. The van der Waals surface area contributed by atoms with E-state index in [0.717, 1.165) is 15.3 Å². The number of nitrogens with one attached hydrogen (secondary N) is 2. The highest BCUT2D eigenvalue weighted by molar-refractivity contribution is 7.16. The van der Waals surface area contributed by atoms with E-state index in [2.05, 4.69) is 16.7 Å². The fourth-order valence-corrected chi connectivity index (χ4v) is 3.53. The first kappa shape index (κ1) is 14.6. The van der Waals surface area contributed by atoms with Crippen LogP contribution in [0.4, 0.5) is 9.80 Å². The molecule has 2 aromatic heterocycles. The van der Waals surface area contributed by atoms with E-state index in [0.29, 0.717) is 10.6 Å². The fraction of sp³-hybridized carbons (Fsp3) is 0.286. The van der Waals surface area contributed by atoms with Gasteiger partial charge in [0.05, 0.1) is 11.6 Å². The van der Waals surface area contributed by atoms with E-state index in [-0.39, 0.29) is 12.1 Å². The number of urea groups is 1. The number of amides is 2. The SMILES string of the molecule is Cc1sc(NC(=O)N[C@H](C)c2cccs2)c(C#N)c1C. The quantitative estimate of drug-likeness (QED) is 0.893. The van der Waals surface area contributed by atoms with Crippen LogP contribution in [0.25, 0.3) is 0 Å². The summed E-state index contributed by atoms with van der Waals surface area (Å²) in [5.74, 6) is 0. The van der Waals surface area contributed by atoms with Gasteiger partial charge in [-0.05, 0) is 37.8 Å². The Morgan fingerprint density at radius 3 is 2.80 bits per heavy atom. The van der Waals surface area contributed by atoms with Crippen molar-refractivity contribution in [2.24, 2.45) is 0 Å². The van der Waals surface area contributed by atoms with Gasteiger partial charge in [-0.15, -0.1) is 22.7 Å². The Kier molecular flexibility index (Phi) is 4.42. The summed E-state index contributed by atoms with van der Waals surface area (Å²) in [4.78, 5) is 14.1. The Balaban J connectivity index is 2.06. The molecule has 0 saturated carbocycles. The van der Waals surface area contributed by atoms with Crippen molar-refractivity contribution in [1.82, 2.24) is 5.32 Å². The normalized spacial score (nSPS) is 11.7. The van der Waals surface area contributed by atoms with Crippen LogP contribution in [0.2, 0.25) is 0 Å². The zero-order chi connectivity index (χ0) is 14.7. The van der Waals surface area contributed by atoms with E-state index in [1.165, 1.54) is 11.3 Å². The van der Waals surface area contributed by atoms with Crippen molar-refractivity contribution in [3.8, 4) is 6.07 Å². The van der Waals surface area contributed by atoms with Crippen LogP contribution < -0.4 is 10.6 Å². The van der Waals surface area contributed by atoms with Gasteiger partial charge < -0.3 is 5.32 Å². The summed E-state index contributed by atoms with van der Waals surface area (Å²) in [5, 5.41) is 17.4. The van der Waals surface area contributed by atoms with Gasteiger partial charge in [-0.3, -0.25) is 5.32 Å². The van der Waals surface area contributed by atoms with Crippen LogP contribution in [0.15, 0.2) is 17.5 Å². The number of carbonyl (C=O) groups excluding carboxylic acids is 1. The van der Waals surface area contributed by atoms with Gasteiger partial charge >= 0.3 is 6.03 Å². The van der Waals surface area contributed by atoms with Gasteiger partial charge in [0.2, 0.25) is 0 Å². The van der Waals surface area contributed by atoms with Crippen LogP contribution in [0.1, 0.15) is 33.8 Å². The van der Waals surface area contributed by atoms with E-state index in [1.54, 1.807) is 11.3 Å². The monoisotopic (exact) mass is 305 g/mol. The van der Waals surface area contributed by atoms with Gasteiger partial charge in [-0.2, -0.15) is 5.26 Å². The highest BCUT2D eigenvalue weighted by atomic mass is 32.1. The molecule has 0 aliphatic carbocycles. The third-order valence-electron chi connectivity index (χ3n) is 3.04. The summed E-state index contributed by atoms with van der Waals surface area (Å²) in [6, 6.07) is 5.74. The molecular weight excluding hydrogens is 290 g/mol. The topological polar surface area (TPSA) is 64.9 Å². The van der Waals surface area contributed by atoms with Crippen molar-refractivity contribution in [3.63, 3.8) is 0 Å². The molecule has 0 spiro atoms.